The fourth-order valence-electron chi connectivity index (χ4n) is 3.55. The first-order valence-corrected chi connectivity index (χ1v) is 10.2. The summed E-state index contributed by atoms with van der Waals surface area (Å²) in [6.07, 6.45) is 1.44. The minimum absolute atomic E-state index is 0.0935. The molecule has 0 spiro atoms. The Kier molecular flexibility index (Phi) is 5.70. The number of carbonyl (C=O) groups excluding carboxylic acids is 1. The Hall–Kier alpha value is -3.66. The van der Waals surface area contributed by atoms with Crippen molar-refractivity contribution in [3.63, 3.8) is 0 Å². The molecule has 1 N–H and O–H groups in total. The van der Waals surface area contributed by atoms with Crippen molar-refractivity contribution >= 4 is 34.2 Å². The van der Waals surface area contributed by atoms with Crippen molar-refractivity contribution in [1.82, 2.24) is 18.9 Å². The molecule has 0 unspecified atom stereocenters. The van der Waals surface area contributed by atoms with Gasteiger partial charge in [0.1, 0.15) is 23.6 Å². The smallest absolute Gasteiger partial charge is 0.332 e. The molecular formula is C21H19ClFN5O4. The van der Waals surface area contributed by atoms with E-state index in [0.717, 1.165) is 10.6 Å². The van der Waals surface area contributed by atoms with Crippen LogP contribution in [0.4, 0.5) is 10.1 Å². The Bertz CT molecular complexity index is 1440. The number of hydrogen-bond acceptors (Lipinski definition) is 5. The van der Waals surface area contributed by atoms with Crippen LogP contribution < -0.4 is 16.6 Å². The summed E-state index contributed by atoms with van der Waals surface area (Å²) in [6, 6.07) is 7.05. The Morgan fingerprint density at radius 3 is 2.66 bits per heavy atom. The third kappa shape index (κ3) is 3.84. The zero-order chi connectivity index (χ0) is 23.0. The first-order chi connectivity index (χ1) is 15.3. The van der Waals surface area contributed by atoms with Crippen LogP contribution in [0.2, 0.25) is 5.02 Å². The highest BCUT2D eigenvalue weighted by atomic mass is 35.5. The molecule has 32 heavy (non-hydrogen) atoms. The predicted octanol–water partition coefficient (Wildman–Crippen LogP) is 2.76. The van der Waals surface area contributed by atoms with Crippen LogP contribution in [0.15, 0.2) is 50.6 Å². The topological polar surface area (TPSA) is 104 Å². The number of hydrogen-bond donors (Lipinski definition) is 1. The molecule has 0 aliphatic carbocycles. The minimum Gasteiger partial charge on any atom is -0.467 e. The van der Waals surface area contributed by atoms with Crippen LogP contribution in [-0.2, 0) is 24.4 Å². The highest BCUT2D eigenvalue weighted by Crippen LogP contribution is 2.20. The number of furan rings is 1. The second kappa shape index (κ2) is 8.46. The highest BCUT2D eigenvalue weighted by Gasteiger charge is 2.22. The van der Waals surface area contributed by atoms with Crippen LogP contribution in [0.5, 0.6) is 0 Å². The molecule has 0 saturated carbocycles. The monoisotopic (exact) mass is 459 g/mol. The summed E-state index contributed by atoms with van der Waals surface area (Å²) >= 11 is 5.77. The van der Waals surface area contributed by atoms with E-state index in [-0.39, 0.29) is 34.8 Å². The lowest BCUT2D eigenvalue weighted by Gasteiger charge is -2.13. The molecule has 3 aromatic heterocycles. The van der Waals surface area contributed by atoms with Gasteiger partial charge in [-0.15, -0.1) is 0 Å². The third-order valence-electron chi connectivity index (χ3n) is 4.97. The van der Waals surface area contributed by atoms with Gasteiger partial charge in [-0.25, -0.2) is 9.18 Å². The molecule has 9 nitrogen and oxygen atoms in total. The summed E-state index contributed by atoms with van der Waals surface area (Å²) in [5.74, 6) is -0.752. The first kappa shape index (κ1) is 21.6. The van der Waals surface area contributed by atoms with E-state index in [2.05, 4.69) is 10.4 Å². The average molecular weight is 460 g/mol. The number of benzene rings is 1. The van der Waals surface area contributed by atoms with Crippen LogP contribution in [0.25, 0.3) is 11.0 Å². The Morgan fingerprint density at radius 1 is 1.22 bits per heavy atom. The van der Waals surface area contributed by atoms with E-state index < -0.39 is 23.0 Å². The Labute approximate surface area is 185 Å². The lowest BCUT2D eigenvalue weighted by molar-refractivity contribution is -0.116. The van der Waals surface area contributed by atoms with Gasteiger partial charge in [-0.3, -0.25) is 23.4 Å². The van der Waals surface area contributed by atoms with Crippen molar-refractivity contribution in [1.29, 1.82) is 0 Å². The first-order valence-electron chi connectivity index (χ1n) is 9.78. The van der Waals surface area contributed by atoms with Gasteiger partial charge >= 0.3 is 5.69 Å². The number of rotatable bonds is 6. The number of amides is 1. The Morgan fingerprint density at radius 2 is 2.00 bits per heavy atom. The molecule has 0 fully saturated rings. The van der Waals surface area contributed by atoms with Crippen molar-refractivity contribution in [2.45, 2.75) is 33.5 Å². The van der Waals surface area contributed by atoms with Crippen LogP contribution in [0, 0.1) is 12.7 Å². The molecule has 4 aromatic rings. The van der Waals surface area contributed by atoms with Crippen LogP contribution in [0.3, 0.4) is 0 Å². The van der Waals surface area contributed by atoms with Crippen molar-refractivity contribution in [3.8, 4) is 0 Å². The molecule has 1 aromatic carbocycles. The van der Waals surface area contributed by atoms with Gasteiger partial charge in [-0.05, 0) is 44.2 Å². The normalized spacial score (nSPS) is 11.2. The van der Waals surface area contributed by atoms with Gasteiger partial charge in [0, 0.05) is 12.2 Å². The summed E-state index contributed by atoms with van der Waals surface area (Å²) < 4.78 is 22.4. The zero-order valence-electron chi connectivity index (χ0n) is 17.3. The highest BCUT2D eigenvalue weighted by molar-refractivity contribution is 6.31. The number of nitrogens with zero attached hydrogens (tertiary/aromatic N) is 4. The largest absolute Gasteiger partial charge is 0.467 e. The lowest BCUT2D eigenvalue weighted by atomic mass is 10.3. The molecular weight excluding hydrogens is 441 g/mol. The number of nitrogens with one attached hydrogen (secondary N) is 1. The maximum atomic E-state index is 13.4. The minimum atomic E-state index is -0.676. The van der Waals surface area contributed by atoms with E-state index in [0.29, 0.717) is 18.0 Å². The van der Waals surface area contributed by atoms with Crippen molar-refractivity contribution in [2.75, 3.05) is 5.32 Å². The van der Waals surface area contributed by atoms with Gasteiger partial charge in [0.15, 0.2) is 5.52 Å². The predicted molar refractivity (Wildman–Crippen MR) is 117 cm³/mol. The molecule has 166 valence electrons. The van der Waals surface area contributed by atoms with E-state index in [1.54, 1.807) is 19.1 Å². The standard InChI is InChI=1S/C21H19ClFN5O4/c1-3-28-19-18(12(2)25-28)26(11-17(29)24-13-6-7-16(23)15(22)9-13)21(31)27(20(19)30)10-14-5-4-8-32-14/h4-9H,3,10-11H2,1-2H3,(H,24,29). The van der Waals surface area contributed by atoms with Crippen molar-refractivity contribution < 1.29 is 13.6 Å². The molecule has 3 heterocycles. The third-order valence-corrected chi connectivity index (χ3v) is 5.26. The molecule has 0 bridgehead atoms. The fraction of sp³-hybridized carbons (Fsp3) is 0.238. The van der Waals surface area contributed by atoms with Crippen molar-refractivity contribution in [2.24, 2.45) is 0 Å². The average Bonchev–Trinajstić information content (AvgIpc) is 3.38. The van der Waals surface area contributed by atoms with E-state index in [1.807, 2.05) is 6.92 Å². The van der Waals surface area contributed by atoms with Crippen LogP contribution in [0.1, 0.15) is 18.4 Å². The molecule has 0 atom stereocenters. The second-order valence-electron chi connectivity index (χ2n) is 7.11. The second-order valence-corrected chi connectivity index (χ2v) is 7.52. The molecule has 0 radical (unpaired) electrons. The quantitative estimate of drug-likeness (QED) is 0.477. The Balaban J connectivity index is 1.81. The van der Waals surface area contributed by atoms with Crippen LogP contribution >= 0.6 is 11.6 Å². The van der Waals surface area contributed by atoms with Gasteiger partial charge in [0.25, 0.3) is 5.56 Å². The fourth-order valence-corrected chi connectivity index (χ4v) is 3.73. The summed E-state index contributed by atoms with van der Waals surface area (Å²) in [5, 5.41) is 6.79. The van der Waals surface area contributed by atoms with E-state index >= 15 is 0 Å². The summed E-state index contributed by atoms with van der Waals surface area (Å²) in [4.78, 5) is 39.2. The number of aryl methyl sites for hydroxylation is 2. The van der Waals surface area contributed by atoms with Crippen molar-refractivity contribution in [3.05, 3.63) is 79.7 Å². The zero-order valence-corrected chi connectivity index (χ0v) is 18.0. The number of anilines is 1. The maximum Gasteiger partial charge on any atom is 0.332 e. The SMILES string of the molecule is CCn1nc(C)c2c1c(=O)n(Cc1ccco1)c(=O)n2CC(=O)Nc1ccc(F)c(Cl)c1. The molecule has 0 aliphatic heterocycles. The van der Waals surface area contributed by atoms with Gasteiger partial charge in [0.2, 0.25) is 5.91 Å². The van der Waals surface area contributed by atoms with E-state index in [1.165, 1.54) is 27.6 Å². The maximum absolute atomic E-state index is 13.4. The molecule has 1 amide bonds. The molecule has 4 rings (SSSR count). The van der Waals surface area contributed by atoms with E-state index in [4.69, 9.17) is 16.0 Å². The molecule has 0 saturated heterocycles. The summed E-state index contributed by atoms with van der Waals surface area (Å²) in [7, 11) is 0. The van der Waals surface area contributed by atoms with E-state index in [9.17, 15) is 18.8 Å². The summed E-state index contributed by atoms with van der Waals surface area (Å²) in [5.41, 5.74) is 0.0174. The van der Waals surface area contributed by atoms with Gasteiger partial charge < -0.3 is 9.73 Å². The number of halogens is 2. The van der Waals surface area contributed by atoms with Gasteiger partial charge in [-0.1, -0.05) is 11.6 Å². The number of carbonyl (C=O) groups is 1. The molecule has 0 aliphatic rings. The lowest BCUT2D eigenvalue weighted by Crippen LogP contribution is -2.42. The number of fused-ring (bicyclic) bond motifs is 1. The molecule has 11 heteroatoms. The number of aromatic nitrogens is 4. The van der Waals surface area contributed by atoms with Gasteiger partial charge in [0.05, 0.1) is 23.5 Å². The van der Waals surface area contributed by atoms with Crippen LogP contribution in [-0.4, -0.2) is 24.8 Å². The summed E-state index contributed by atoms with van der Waals surface area (Å²) in [6.45, 7) is 3.41. The van der Waals surface area contributed by atoms with Gasteiger partial charge in [-0.2, -0.15) is 5.10 Å².